The van der Waals surface area contributed by atoms with Gasteiger partial charge in [0.05, 0.1) is 54.7 Å². The van der Waals surface area contributed by atoms with Crippen molar-refractivity contribution >= 4 is 56.8 Å². The first-order valence-electron chi connectivity index (χ1n) is 18.0. The van der Waals surface area contributed by atoms with Gasteiger partial charge in [0.15, 0.2) is 0 Å². The molecule has 0 bridgehead atoms. The number of hydrogen-bond donors (Lipinski definition) is 1. The lowest BCUT2D eigenvalue weighted by Crippen LogP contribution is -2.51. The summed E-state index contributed by atoms with van der Waals surface area (Å²) >= 11 is 8.05. The highest BCUT2D eigenvalue weighted by atomic mass is 35.5. The molecule has 50 heavy (non-hydrogen) atoms. The summed E-state index contributed by atoms with van der Waals surface area (Å²) in [5.41, 5.74) is 0.860. The first-order chi connectivity index (χ1) is 24.4. The minimum atomic E-state index is -0.589. The fourth-order valence-electron chi connectivity index (χ4n) is 8.24. The molecule has 3 aromatic rings. The largest absolute Gasteiger partial charge is 0.379 e. The van der Waals surface area contributed by atoms with Crippen molar-refractivity contribution in [1.29, 1.82) is 0 Å². The fraction of sp³-hybridized carbons (Fsp3) is 0.553. The van der Waals surface area contributed by atoms with Crippen molar-refractivity contribution < 1.29 is 28.2 Å². The van der Waals surface area contributed by atoms with Gasteiger partial charge in [0.2, 0.25) is 5.91 Å². The van der Waals surface area contributed by atoms with Crippen LogP contribution in [-0.4, -0.2) is 110 Å². The predicted octanol–water partition coefficient (Wildman–Crippen LogP) is 6.03. The van der Waals surface area contributed by atoms with Gasteiger partial charge in [-0.05, 0) is 81.8 Å². The van der Waals surface area contributed by atoms with Gasteiger partial charge in [-0.25, -0.2) is 4.39 Å². The topological polar surface area (TPSA) is 91.4 Å². The Morgan fingerprint density at radius 1 is 1.00 bits per heavy atom. The maximum absolute atomic E-state index is 15.6. The average Bonchev–Trinajstić information content (AvgIpc) is 3.79. The predicted molar refractivity (Wildman–Crippen MR) is 194 cm³/mol. The summed E-state index contributed by atoms with van der Waals surface area (Å²) in [7, 11) is 0. The molecule has 7 rings (SSSR count). The van der Waals surface area contributed by atoms with Crippen LogP contribution >= 0.6 is 22.9 Å². The Morgan fingerprint density at radius 2 is 1.74 bits per heavy atom. The number of hydrogen-bond acceptors (Lipinski definition) is 8. The highest BCUT2D eigenvalue weighted by Gasteiger charge is 2.40. The van der Waals surface area contributed by atoms with Crippen LogP contribution in [0.4, 0.5) is 10.1 Å². The third kappa shape index (κ3) is 8.08. The summed E-state index contributed by atoms with van der Waals surface area (Å²) in [4.78, 5) is 45.3. The van der Waals surface area contributed by atoms with E-state index in [9.17, 15) is 14.4 Å². The molecule has 12 heteroatoms. The number of anilines is 1. The Kier molecular flexibility index (Phi) is 11.5. The van der Waals surface area contributed by atoms with E-state index in [0.29, 0.717) is 24.8 Å². The summed E-state index contributed by atoms with van der Waals surface area (Å²) in [6.07, 6.45) is 7.36. The van der Waals surface area contributed by atoms with Crippen molar-refractivity contribution in [2.24, 2.45) is 5.92 Å². The number of fused-ring (bicyclic) bond motifs is 1. The highest BCUT2D eigenvalue weighted by Crippen LogP contribution is 2.33. The number of amides is 2. The SMILES string of the molecule is O=CC1CCC(OC[C@@H]2C[C@H](N3CCC(N4CCOCC4)CC3)CN2C(=O)Cc2cc(Cl)c(NC(=O)c3csc4ccccc34)cc2F)CC1. The molecular formula is C38H46ClFN4O5S. The van der Waals surface area contributed by atoms with Gasteiger partial charge in [-0.2, -0.15) is 0 Å². The van der Waals surface area contributed by atoms with E-state index in [1.807, 2.05) is 29.2 Å². The van der Waals surface area contributed by atoms with Gasteiger partial charge in [-0.3, -0.25) is 19.4 Å². The number of thiophene rings is 1. The molecule has 1 aliphatic carbocycles. The van der Waals surface area contributed by atoms with Gasteiger partial charge in [0.1, 0.15) is 12.1 Å². The van der Waals surface area contributed by atoms with Gasteiger partial charge in [0, 0.05) is 53.1 Å². The Bertz CT molecular complexity index is 1670. The molecular weight excluding hydrogens is 679 g/mol. The second-order valence-corrected chi connectivity index (χ2v) is 15.5. The van der Waals surface area contributed by atoms with E-state index in [4.69, 9.17) is 21.1 Å². The Balaban J connectivity index is 1.01. The summed E-state index contributed by atoms with van der Waals surface area (Å²) < 4.78 is 28.5. The maximum atomic E-state index is 15.6. The minimum absolute atomic E-state index is 0.0811. The third-order valence-electron chi connectivity index (χ3n) is 11.2. The zero-order valence-electron chi connectivity index (χ0n) is 28.4. The standard InChI is InChI=1S/C38H46ClFN4O5S/c39-33-17-26(34(40)20-35(33)41-38(47)32-24-50-36-4-2-1-3-31(32)36)18-37(46)44-21-28(19-29(44)23-49-30-7-5-25(22-45)6-8-30)42-11-9-27(10-12-42)43-13-15-48-16-14-43/h1-4,17,20,22,24-25,27-30H,5-16,18-19,21,23H2,(H,41,47)/t25?,28-,29-,30?/m0/s1. The molecule has 1 saturated carbocycles. The molecule has 1 aromatic heterocycles. The molecule has 2 aromatic carbocycles. The number of carbonyl (C=O) groups excluding carboxylic acids is 3. The van der Waals surface area contributed by atoms with Crippen molar-refractivity contribution in [2.45, 2.75) is 75.6 Å². The number of carbonyl (C=O) groups is 3. The maximum Gasteiger partial charge on any atom is 0.257 e. The number of rotatable bonds is 10. The van der Waals surface area contributed by atoms with Crippen molar-refractivity contribution in [3.8, 4) is 0 Å². The molecule has 4 aliphatic rings. The highest BCUT2D eigenvalue weighted by molar-refractivity contribution is 7.17. The first kappa shape index (κ1) is 35.5. The van der Waals surface area contributed by atoms with E-state index in [1.165, 1.54) is 23.5 Å². The van der Waals surface area contributed by atoms with Crippen LogP contribution in [0, 0.1) is 11.7 Å². The van der Waals surface area contributed by atoms with Gasteiger partial charge >= 0.3 is 0 Å². The second kappa shape index (κ2) is 16.2. The molecule has 4 heterocycles. The zero-order chi connectivity index (χ0) is 34.6. The number of nitrogens with one attached hydrogen (secondary N) is 1. The number of ether oxygens (including phenoxy) is 2. The quantitative estimate of drug-likeness (QED) is 0.256. The van der Waals surface area contributed by atoms with Crippen LogP contribution in [0.2, 0.25) is 5.02 Å². The Morgan fingerprint density at radius 3 is 2.50 bits per heavy atom. The van der Waals surface area contributed by atoms with E-state index >= 15 is 4.39 Å². The Hall–Kier alpha value is -2.93. The van der Waals surface area contributed by atoms with Crippen LogP contribution in [0.1, 0.15) is 60.9 Å². The van der Waals surface area contributed by atoms with E-state index in [0.717, 1.165) is 101 Å². The number of piperidine rings is 1. The average molecular weight is 725 g/mol. The molecule has 0 unspecified atom stereocenters. The molecule has 0 spiro atoms. The van der Waals surface area contributed by atoms with Gasteiger partial charge in [-0.15, -0.1) is 11.3 Å². The third-order valence-corrected chi connectivity index (χ3v) is 12.5. The number of benzene rings is 2. The van der Waals surface area contributed by atoms with Crippen molar-refractivity contribution in [3.05, 3.63) is 63.7 Å². The summed E-state index contributed by atoms with van der Waals surface area (Å²) in [5, 5.41) is 5.54. The van der Waals surface area contributed by atoms with Crippen molar-refractivity contribution in [3.63, 3.8) is 0 Å². The molecule has 4 fully saturated rings. The van der Waals surface area contributed by atoms with Gasteiger partial charge in [-0.1, -0.05) is 29.8 Å². The lowest BCUT2D eigenvalue weighted by Gasteiger charge is -2.41. The van der Waals surface area contributed by atoms with E-state index in [2.05, 4.69) is 15.1 Å². The smallest absolute Gasteiger partial charge is 0.257 e. The summed E-state index contributed by atoms with van der Waals surface area (Å²) in [5.74, 6) is -1.01. The van der Waals surface area contributed by atoms with E-state index in [-0.39, 0.29) is 58.6 Å². The molecule has 0 radical (unpaired) electrons. The van der Waals surface area contributed by atoms with Crippen LogP contribution in [0.5, 0.6) is 0 Å². The minimum Gasteiger partial charge on any atom is -0.379 e. The number of halogens is 2. The van der Waals surface area contributed by atoms with E-state index < -0.39 is 5.82 Å². The second-order valence-electron chi connectivity index (χ2n) is 14.2. The van der Waals surface area contributed by atoms with Crippen LogP contribution in [0.3, 0.4) is 0 Å². The van der Waals surface area contributed by atoms with Crippen LogP contribution in [-0.2, 0) is 25.5 Å². The van der Waals surface area contributed by atoms with Crippen LogP contribution < -0.4 is 5.32 Å². The molecule has 9 nitrogen and oxygen atoms in total. The van der Waals surface area contributed by atoms with Crippen LogP contribution in [0.25, 0.3) is 10.1 Å². The molecule has 3 aliphatic heterocycles. The number of likely N-dealkylation sites (tertiary alicyclic amines) is 2. The van der Waals surface area contributed by atoms with Crippen LogP contribution in [0.15, 0.2) is 41.8 Å². The molecule has 1 N–H and O–H groups in total. The lowest BCUT2D eigenvalue weighted by molar-refractivity contribution is -0.133. The number of nitrogens with zero attached hydrogens (tertiary/aromatic N) is 3. The van der Waals surface area contributed by atoms with Gasteiger partial charge in [0.25, 0.3) is 5.91 Å². The van der Waals surface area contributed by atoms with Crippen molar-refractivity contribution in [2.75, 3.05) is 57.9 Å². The molecule has 2 atom stereocenters. The lowest BCUT2D eigenvalue weighted by atomic mass is 9.88. The monoisotopic (exact) mass is 724 g/mol. The fourth-order valence-corrected chi connectivity index (χ4v) is 9.42. The first-order valence-corrected chi connectivity index (χ1v) is 19.3. The zero-order valence-corrected chi connectivity index (χ0v) is 29.9. The normalized spacial score (nSPS) is 25.6. The number of aldehydes is 1. The molecule has 268 valence electrons. The Labute approximate surface area is 302 Å². The molecule has 2 amide bonds. The molecule has 3 saturated heterocycles. The van der Waals surface area contributed by atoms with Gasteiger partial charge < -0.3 is 24.5 Å². The summed E-state index contributed by atoms with van der Waals surface area (Å²) in [6.45, 7) is 6.54. The van der Waals surface area contributed by atoms with Crippen molar-refractivity contribution in [1.82, 2.24) is 14.7 Å². The summed E-state index contributed by atoms with van der Waals surface area (Å²) in [6, 6.07) is 10.9. The number of morpholine rings is 1. The van der Waals surface area contributed by atoms with E-state index in [1.54, 1.807) is 5.38 Å².